The van der Waals surface area contributed by atoms with Gasteiger partial charge in [0.1, 0.15) is 6.04 Å². The minimum absolute atomic E-state index is 0.0286. The maximum Gasteiger partial charge on any atom is 0.416 e. The van der Waals surface area contributed by atoms with Crippen LogP contribution >= 0.6 is 0 Å². The van der Waals surface area contributed by atoms with Crippen molar-refractivity contribution in [1.82, 2.24) is 19.5 Å². The lowest BCUT2D eigenvalue weighted by Crippen LogP contribution is -2.60. The fraction of sp³-hybridized carbons (Fsp3) is 0.379. The Labute approximate surface area is 233 Å². The van der Waals surface area contributed by atoms with Gasteiger partial charge in [0.05, 0.1) is 10.5 Å². The first-order chi connectivity index (χ1) is 18.9. The summed E-state index contributed by atoms with van der Waals surface area (Å²) in [7, 11) is -4.24. The number of halogens is 3. The molecule has 0 spiro atoms. The van der Waals surface area contributed by atoms with E-state index in [9.17, 15) is 26.4 Å². The van der Waals surface area contributed by atoms with Gasteiger partial charge in [-0.25, -0.2) is 8.42 Å². The van der Waals surface area contributed by atoms with Gasteiger partial charge in [-0.2, -0.15) is 17.5 Å². The maximum atomic E-state index is 13.6. The van der Waals surface area contributed by atoms with Crippen LogP contribution in [0.15, 0.2) is 78.0 Å². The first-order valence-corrected chi connectivity index (χ1v) is 14.6. The average Bonchev–Trinajstić information content (AvgIpc) is 2.95. The van der Waals surface area contributed by atoms with E-state index < -0.39 is 33.7 Å². The first kappa shape index (κ1) is 29.7. The van der Waals surface area contributed by atoms with Crippen LogP contribution in [0.2, 0.25) is 0 Å². The number of amides is 1. The summed E-state index contributed by atoms with van der Waals surface area (Å²) in [5, 5.41) is 2.87. The lowest BCUT2D eigenvalue weighted by Gasteiger charge is -2.39. The number of sulfonamides is 1. The quantitative estimate of drug-likeness (QED) is 0.408. The summed E-state index contributed by atoms with van der Waals surface area (Å²) >= 11 is 0. The van der Waals surface area contributed by atoms with Crippen LogP contribution in [0.5, 0.6) is 0 Å². The van der Waals surface area contributed by atoms with E-state index in [4.69, 9.17) is 0 Å². The molecule has 0 unspecified atom stereocenters. The Morgan fingerprint density at radius 2 is 1.62 bits per heavy atom. The van der Waals surface area contributed by atoms with Gasteiger partial charge in [0.2, 0.25) is 15.9 Å². The van der Waals surface area contributed by atoms with Gasteiger partial charge in [0.25, 0.3) is 0 Å². The lowest BCUT2D eigenvalue weighted by atomic mass is 10.0. The molecule has 1 N–H and O–H groups in total. The topological polar surface area (TPSA) is 82.6 Å². The molecule has 2 heterocycles. The molecule has 0 aliphatic carbocycles. The monoisotopic (exact) mass is 574 g/mol. The van der Waals surface area contributed by atoms with Crippen LogP contribution in [0, 0.1) is 0 Å². The Hall–Kier alpha value is -3.28. The number of aromatic nitrogens is 1. The van der Waals surface area contributed by atoms with Gasteiger partial charge in [-0.1, -0.05) is 38.1 Å². The second-order valence-corrected chi connectivity index (χ2v) is 12.1. The highest BCUT2D eigenvalue weighted by molar-refractivity contribution is 7.89. The van der Waals surface area contributed by atoms with Crippen molar-refractivity contribution in [2.24, 2.45) is 0 Å². The number of pyridine rings is 1. The number of hydrogen-bond donors (Lipinski definition) is 1. The molecular formula is C29H33F3N4O3S. The molecule has 1 atom stereocenters. The zero-order valence-corrected chi connectivity index (χ0v) is 23.3. The molecule has 1 saturated heterocycles. The van der Waals surface area contributed by atoms with Gasteiger partial charge < -0.3 is 5.32 Å². The molecule has 11 heteroatoms. The second-order valence-electron chi connectivity index (χ2n) is 10.2. The van der Waals surface area contributed by atoms with Crippen molar-refractivity contribution in [2.45, 2.75) is 49.8 Å². The highest BCUT2D eigenvalue weighted by Gasteiger charge is 2.40. The number of alkyl halides is 3. The third kappa shape index (κ3) is 7.26. The van der Waals surface area contributed by atoms with Crippen molar-refractivity contribution >= 4 is 15.9 Å². The lowest BCUT2D eigenvalue weighted by molar-refractivity contribution is -0.137. The zero-order chi connectivity index (χ0) is 28.9. The molecule has 1 aliphatic heterocycles. The van der Waals surface area contributed by atoms with Gasteiger partial charge in [0, 0.05) is 45.1 Å². The number of hydrogen-bond acceptors (Lipinski definition) is 5. The SMILES string of the molecule is CC(C)c1ccc(CNC(=O)[C@H]2CN(CCc3ccncc3)CCN2S(=O)(=O)c2ccc(C(F)(F)F)cc2)cc1. The molecule has 40 heavy (non-hydrogen) atoms. The molecule has 1 fully saturated rings. The second kappa shape index (κ2) is 12.5. The van der Waals surface area contributed by atoms with Crippen LogP contribution in [0.1, 0.15) is 42.0 Å². The Morgan fingerprint density at radius 1 is 0.975 bits per heavy atom. The van der Waals surface area contributed by atoms with E-state index in [1.807, 2.05) is 41.3 Å². The Bertz CT molecular complexity index is 1380. The van der Waals surface area contributed by atoms with E-state index >= 15 is 0 Å². The molecule has 1 aliphatic rings. The molecule has 4 rings (SSSR count). The fourth-order valence-electron chi connectivity index (χ4n) is 4.64. The number of rotatable bonds is 9. The average molecular weight is 575 g/mol. The normalized spacial score (nSPS) is 17.2. The van der Waals surface area contributed by atoms with Crippen molar-refractivity contribution in [3.05, 3.63) is 95.3 Å². The Morgan fingerprint density at radius 3 is 2.23 bits per heavy atom. The minimum Gasteiger partial charge on any atom is -0.351 e. The predicted molar refractivity (Wildman–Crippen MR) is 146 cm³/mol. The molecule has 0 bridgehead atoms. The molecule has 1 aromatic heterocycles. The molecule has 1 amide bonds. The van der Waals surface area contributed by atoms with E-state index in [0.29, 0.717) is 25.4 Å². The number of piperazine rings is 1. The van der Waals surface area contributed by atoms with Crippen LogP contribution in [0.25, 0.3) is 0 Å². The number of carbonyl (C=O) groups excluding carboxylic acids is 1. The molecular weight excluding hydrogens is 541 g/mol. The van der Waals surface area contributed by atoms with Crippen molar-refractivity contribution in [1.29, 1.82) is 0 Å². The van der Waals surface area contributed by atoms with Gasteiger partial charge in [-0.15, -0.1) is 0 Å². The number of nitrogens with one attached hydrogen (secondary N) is 1. The fourth-order valence-corrected chi connectivity index (χ4v) is 6.21. The largest absolute Gasteiger partial charge is 0.416 e. The summed E-state index contributed by atoms with van der Waals surface area (Å²) < 4.78 is 67.4. The molecule has 0 saturated carbocycles. The van der Waals surface area contributed by atoms with Gasteiger partial charge in [-0.05, 0) is 65.4 Å². The first-order valence-electron chi connectivity index (χ1n) is 13.1. The van der Waals surface area contributed by atoms with E-state index in [-0.39, 0.29) is 24.5 Å². The zero-order valence-electron chi connectivity index (χ0n) is 22.4. The van der Waals surface area contributed by atoms with Gasteiger partial charge in [0.15, 0.2) is 0 Å². The summed E-state index contributed by atoms with van der Waals surface area (Å²) in [6.07, 6.45) is -0.481. The third-order valence-electron chi connectivity index (χ3n) is 7.09. The molecule has 2 aromatic carbocycles. The summed E-state index contributed by atoms with van der Waals surface area (Å²) in [6, 6.07) is 14.0. The molecule has 7 nitrogen and oxygen atoms in total. The van der Waals surface area contributed by atoms with E-state index in [1.54, 1.807) is 12.4 Å². The number of carbonyl (C=O) groups is 1. The van der Waals surface area contributed by atoms with Crippen LogP contribution in [0.4, 0.5) is 13.2 Å². The highest BCUT2D eigenvalue weighted by atomic mass is 32.2. The Kier molecular flexibility index (Phi) is 9.27. The predicted octanol–water partition coefficient (Wildman–Crippen LogP) is 4.46. The van der Waals surface area contributed by atoms with E-state index in [2.05, 4.69) is 24.1 Å². The third-order valence-corrected chi connectivity index (χ3v) is 9.01. The van der Waals surface area contributed by atoms with Crippen LogP contribution < -0.4 is 5.32 Å². The summed E-state index contributed by atoms with van der Waals surface area (Å²) in [4.78, 5) is 19.2. The van der Waals surface area contributed by atoms with Crippen molar-refractivity contribution in [2.75, 3.05) is 26.2 Å². The van der Waals surface area contributed by atoms with Crippen LogP contribution in [-0.4, -0.2) is 60.7 Å². The van der Waals surface area contributed by atoms with Gasteiger partial charge >= 0.3 is 6.18 Å². The van der Waals surface area contributed by atoms with Crippen molar-refractivity contribution in [3.8, 4) is 0 Å². The highest BCUT2D eigenvalue weighted by Crippen LogP contribution is 2.31. The summed E-state index contributed by atoms with van der Waals surface area (Å²) in [5.74, 6) is -0.0926. The summed E-state index contributed by atoms with van der Waals surface area (Å²) in [5.41, 5.74) is 2.17. The van der Waals surface area contributed by atoms with E-state index in [0.717, 1.165) is 39.7 Å². The molecule has 0 radical (unpaired) electrons. The van der Waals surface area contributed by atoms with Crippen molar-refractivity contribution < 1.29 is 26.4 Å². The van der Waals surface area contributed by atoms with E-state index in [1.165, 1.54) is 5.56 Å². The smallest absolute Gasteiger partial charge is 0.351 e. The standard InChI is InChI=1S/C29H33F3N4O3S/c1-21(2)24-5-3-23(4-6-24)19-34-28(37)27-20-35(16-13-22-11-14-33-15-12-22)17-18-36(27)40(38,39)26-9-7-25(8-10-26)29(30,31)32/h3-12,14-15,21,27H,13,16-20H2,1-2H3,(H,34,37)/t27-/m1/s1. The maximum absolute atomic E-state index is 13.6. The molecule has 3 aromatic rings. The van der Waals surface area contributed by atoms with Crippen molar-refractivity contribution in [3.63, 3.8) is 0 Å². The molecule has 214 valence electrons. The minimum atomic E-state index is -4.58. The number of nitrogens with zero attached hydrogens (tertiary/aromatic N) is 3. The van der Waals surface area contributed by atoms with Crippen LogP contribution in [-0.2, 0) is 34.0 Å². The van der Waals surface area contributed by atoms with Gasteiger partial charge in [-0.3, -0.25) is 14.7 Å². The summed E-state index contributed by atoms with van der Waals surface area (Å²) in [6.45, 7) is 5.57. The van der Waals surface area contributed by atoms with Crippen LogP contribution in [0.3, 0.4) is 0 Å². The number of benzene rings is 2. The Balaban J connectivity index is 1.52.